The molecule has 0 aliphatic carbocycles. The SMILES string of the molecule is CCOC(=O)c1ccc2c(N)c(OC)ccc2c1. The molecule has 2 rings (SSSR count). The number of hydrogen-bond donors (Lipinski definition) is 1. The van der Waals surface area contributed by atoms with E-state index in [2.05, 4.69) is 0 Å². The van der Waals surface area contributed by atoms with Crippen LogP contribution < -0.4 is 10.5 Å². The monoisotopic (exact) mass is 245 g/mol. The van der Waals surface area contributed by atoms with Crippen molar-refractivity contribution in [2.75, 3.05) is 19.5 Å². The zero-order chi connectivity index (χ0) is 13.1. The van der Waals surface area contributed by atoms with Gasteiger partial charge in [0.25, 0.3) is 0 Å². The van der Waals surface area contributed by atoms with Gasteiger partial charge in [-0.05, 0) is 30.5 Å². The van der Waals surface area contributed by atoms with E-state index in [4.69, 9.17) is 15.2 Å². The highest BCUT2D eigenvalue weighted by Gasteiger charge is 2.09. The summed E-state index contributed by atoms with van der Waals surface area (Å²) >= 11 is 0. The highest BCUT2D eigenvalue weighted by molar-refractivity contribution is 6.00. The third kappa shape index (κ3) is 2.09. The summed E-state index contributed by atoms with van der Waals surface area (Å²) < 4.78 is 10.1. The molecule has 4 heteroatoms. The summed E-state index contributed by atoms with van der Waals surface area (Å²) in [4.78, 5) is 11.6. The first-order chi connectivity index (χ1) is 8.67. The number of carbonyl (C=O) groups excluding carboxylic acids is 1. The van der Waals surface area contributed by atoms with Crippen molar-refractivity contribution in [1.82, 2.24) is 0 Å². The van der Waals surface area contributed by atoms with E-state index >= 15 is 0 Å². The zero-order valence-corrected chi connectivity index (χ0v) is 10.4. The number of anilines is 1. The quantitative estimate of drug-likeness (QED) is 0.667. The first-order valence-corrected chi connectivity index (χ1v) is 5.70. The Bertz CT molecular complexity index is 593. The lowest BCUT2D eigenvalue weighted by molar-refractivity contribution is 0.0526. The van der Waals surface area contributed by atoms with Crippen LogP contribution >= 0.6 is 0 Å². The van der Waals surface area contributed by atoms with Crippen LogP contribution in [0.2, 0.25) is 0 Å². The molecule has 0 amide bonds. The minimum absolute atomic E-state index is 0.325. The van der Waals surface area contributed by atoms with Crippen LogP contribution in [0, 0.1) is 0 Å². The smallest absolute Gasteiger partial charge is 0.338 e. The Labute approximate surface area is 105 Å². The third-order valence-corrected chi connectivity index (χ3v) is 2.75. The van der Waals surface area contributed by atoms with E-state index in [1.165, 1.54) is 0 Å². The lowest BCUT2D eigenvalue weighted by Crippen LogP contribution is -2.04. The van der Waals surface area contributed by atoms with Crippen LogP contribution in [-0.2, 0) is 4.74 Å². The van der Waals surface area contributed by atoms with Gasteiger partial charge < -0.3 is 15.2 Å². The number of nitrogen functional groups attached to an aromatic ring is 1. The second kappa shape index (κ2) is 4.96. The molecule has 2 aromatic carbocycles. The van der Waals surface area contributed by atoms with E-state index in [1.807, 2.05) is 6.07 Å². The molecule has 0 heterocycles. The summed E-state index contributed by atoms with van der Waals surface area (Å²) in [5.74, 6) is 0.306. The molecule has 4 nitrogen and oxygen atoms in total. The number of esters is 1. The number of ether oxygens (including phenoxy) is 2. The van der Waals surface area contributed by atoms with Crippen molar-refractivity contribution in [2.24, 2.45) is 0 Å². The van der Waals surface area contributed by atoms with Crippen molar-refractivity contribution >= 4 is 22.4 Å². The van der Waals surface area contributed by atoms with Crippen molar-refractivity contribution in [1.29, 1.82) is 0 Å². The zero-order valence-electron chi connectivity index (χ0n) is 10.4. The summed E-state index contributed by atoms with van der Waals surface area (Å²) in [6.07, 6.45) is 0. The number of hydrogen-bond acceptors (Lipinski definition) is 4. The Kier molecular flexibility index (Phi) is 3.37. The summed E-state index contributed by atoms with van der Waals surface area (Å²) in [6, 6.07) is 8.93. The molecule has 0 bridgehead atoms. The van der Waals surface area contributed by atoms with Gasteiger partial charge in [-0.25, -0.2) is 4.79 Å². The Hall–Kier alpha value is -2.23. The molecule has 2 aromatic rings. The summed E-state index contributed by atoms with van der Waals surface area (Å²) in [5, 5.41) is 1.75. The van der Waals surface area contributed by atoms with Crippen LogP contribution in [0.15, 0.2) is 30.3 Å². The number of benzene rings is 2. The minimum Gasteiger partial charge on any atom is -0.495 e. The van der Waals surface area contributed by atoms with Crippen LogP contribution in [-0.4, -0.2) is 19.7 Å². The van der Waals surface area contributed by atoms with Gasteiger partial charge in [-0.2, -0.15) is 0 Å². The maximum absolute atomic E-state index is 11.6. The molecule has 2 N–H and O–H groups in total. The van der Waals surface area contributed by atoms with Gasteiger partial charge in [-0.3, -0.25) is 0 Å². The van der Waals surface area contributed by atoms with Gasteiger partial charge in [0.1, 0.15) is 5.75 Å². The first-order valence-electron chi connectivity index (χ1n) is 5.70. The maximum atomic E-state index is 11.6. The second-order valence-corrected chi connectivity index (χ2v) is 3.84. The fourth-order valence-electron chi connectivity index (χ4n) is 1.85. The van der Waals surface area contributed by atoms with Gasteiger partial charge in [0, 0.05) is 5.39 Å². The summed E-state index contributed by atoms with van der Waals surface area (Å²) in [5.41, 5.74) is 7.07. The van der Waals surface area contributed by atoms with Crippen LogP contribution in [0.3, 0.4) is 0 Å². The lowest BCUT2D eigenvalue weighted by atomic mass is 10.0. The Morgan fingerprint density at radius 1 is 1.28 bits per heavy atom. The molecule has 0 saturated heterocycles. The Balaban J connectivity index is 2.50. The predicted molar refractivity (Wildman–Crippen MR) is 70.9 cm³/mol. The van der Waals surface area contributed by atoms with Crippen molar-refractivity contribution < 1.29 is 14.3 Å². The molecule has 0 aliphatic rings. The van der Waals surface area contributed by atoms with Crippen molar-refractivity contribution in [3.63, 3.8) is 0 Å². The first kappa shape index (κ1) is 12.2. The fourth-order valence-corrected chi connectivity index (χ4v) is 1.85. The van der Waals surface area contributed by atoms with E-state index in [0.29, 0.717) is 23.6 Å². The van der Waals surface area contributed by atoms with Crippen LogP contribution in [0.1, 0.15) is 17.3 Å². The van der Waals surface area contributed by atoms with E-state index in [0.717, 1.165) is 10.8 Å². The van der Waals surface area contributed by atoms with Gasteiger partial charge in [0.05, 0.1) is 25.0 Å². The van der Waals surface area contributed by atoms with Gasteiger partial charge in [0.2, 0.25) is 0 Å². The largest absolute Gasteiger partial charge is 0.495 e. The Morgan fingerprint density at radius 3 is 2.72 bits per heavy atom. The molecule has 18 heavy (non-hydrogen) atoms. The summed E-state index contributed by atoms with van der Waals surface area (Å²) in [6.45, 7) is 2.14. The Morgan fingerprint density at radius 2 is 2.06 bits per heavy atom. The molecular formula is C14H15NO3. The van der Waals surface area contributed by atoms with Crippen molar-refractivity contribution in [2.45, 2.75) is 6.92 Å². The number of rotatable bonds is 3. The topological polar surface area (TPSA) is 61.5 Å². The van der Waals surface area contributed by atoms with Gasteiger partial charge in [-0.15, -0.1) is 0 Å². The average molecular weight is 245 g/mol. The number of nitrogens with two attached hydrogens (primary N) is 1. The summed E-state index contributed by atoms with van der Waals surface area (Å²) in [7, 11) is 1.57. The van der Waals surface area contributed by atoms with Gasteiger partial charge in [-0.1, -0.05) is 12.1 Å². The molecule has 0 atom stereocenters. The molecule has 0 aromatic heterocycles. The molecule has 94 valence electrons. The number of fused-ring (bicyclic) bond motifs is 1. The highest BCUT2D eigenvalue weighted by atomic mass is 16.5. The normalized spacial score (nSPS) is 10.3. The minimum atomic E-state index is -0.325. The van der Waals surface area contributed by atoms with Gasteiger partial charge >= 0.3 is 5.97 Å². The molecule has 0 fully saturated rings. The van der Waals surface area contributed by atoms with Crippen LogP contribution in [0.5, 0.6) is 5.75 Å². The highest BCUT2D eigenvalue weighted by Crippen LogP contribution is 2.30. The predicted octanol–water partition coefficient (Wildman–Crippen LogP) is 2.61. The van der Waals surface area contributed by atoms with Crippen LogP contribution in [0.4, 0.5) is 5.69 Å². The second-order valence-electron chi connectivity index (χ2n) is 3.84. The molecule has 0 unspecified atom stereocenters. The van der Waals surface area contributed by atoms with Gasteiger partial charge in [0.15, 0.2) is 0 Å². The molecule has 0 radical (unpaired) electrons. The fraction of sp³-hybridized carbons (Fsp3) is 0.214. The molecular weight excluding hydrogens is 230 g/mol. The molecule has 0 saturated carbocycles. The van der Waals surface area contributed by atoms with Crippen molar-refractivity contribution in [3.05, 3.63) is 35.9 Å². The van der Waals surface area contributed by atoms with E-state index in [1.54, 1.807) is 38.3 Å². The van der Waals surface area contributed by atoms with Crippen LogP contribution in [0.25, 0.3) is 10.8 Å². The standard InChI is InChI=1S/C14H15NO3/c1-3-18-14(16)10-4-6-11-9(8-10)5-7-12(17-2)13(11)15/h4-8H,3,15H2,1-2H3. The molecule has 0 aliphatic heterocycles. The molecule has 0 spiro atoms. The van der Waals surface area contributed by atoms with E-state index in [9.17, 15) is 4.79 Å². The van der Waals surface area contributed by atoms with E-state index < -0.39 is 0 Å². The average Bonchev–Trinajstić information content (AvgIpc) is 2.39. The number of carbonyl (C=O) groups is 1. The third-order valence-electron chi connectivity index (χ3n) is 2.75. The maximum Gasteiger partial charge on any atom is 0.338 e. The van der Waals surface area contributed by atoms with E-state index in [-0.39, 0.29) is 5.97 Å². The number of methoxy groups -OCH3 is 1. The van der Waals surface area contributed by atoms with Crippen molar-refractivity contribution in [3.8, 4) is 5.75 Å². The lowest BCUT2D eigenvalue weighted by Gasteiger charge is -2.09.